The average Bonchev–Trinajstić information content (AvgIpc) is 2.29. The molecule has 0 amide bonds. The quantitative estimate of drug-likeness (QED) is 0.715. The number of rotatable bonds is 4. The van der Waals surface area contributed by atoms with Crippen LogP contribution in [0.5, 0.6) is 0 Å². The summed E-state index contributed by atoms with van der Waals surface area (Å²) in [6, 6.07) is 3.82. The highest BCUT2D eigenvalue weighted by Gasteiger charge is 1.98. The Morgan fingerprint density at radius 1 is 1.13 bits per heavy atom. The molecule has 0 bridgehead atoms. The summed E-state index contributed by atoms with van der Waals surface area (Å²) < 4.78 is 0. The molecule has 5 nitrogen and oxygen atoms in total. The molecule has 2 heterocycles. The molecule has 0 saturated carbocycles. The van der Waals surface area contributed by atoms with Gasteiger partial charge >= 0.3 is 0 Å². The van der Waals surface area contributed by atoms with Gasteiger partial charge < -0.3 is 10.6 Å². The highest BCUT2D eigenvalue weighted by Crippen LogP contribution is 2.09. The Bertz CT molecular complexity index is 443. The van der Waals surface area contributed by atoms with E-state index in [1.54, 1.807) is 12.4 Å². The van der Waals surface area contributed by atoms with E-state index in [9.17, 15) is 0 Å². The fourth-order valence-corrected chi connectivity index (χ4v) is 1.27. The normalized spacial score (nSPS) is 10.5. The van der Waals surface area contributed by atoms with Crippen LogP contribution >= 0.6 is 0 Å². The third-order valence-electron chi connectivity index (χ3n) is 2.01. The van der Waals surface area contributed by atoms with Crippen LogP contribution in [0.3, 0.4) is 0 Å². The molecule has 2 aromatic heterocycles. The standard InChI is InChI=1S/C10H13N5/c1-11-4-5-13-9-3-2-8-10(15-9)14-7-6-12-8/h2-3,6-7,11H,4-5H2,1H3,(H,13,14,15). The van der Waals surface area contributed by atoms with Crippen LogP contribution in [0.2, 0.25) is 0 Å². The molecule has 15 heavy (non-hydrogen) atoms. The number of likely N-dealkylation sites (N-methyl/N-ethyl adjacent to an activating group) is 1. The molecule has 0 atom stereocenters. The van der Waals surface area contributed by atoms with Crippen molar-refractivity contribution in [3.05, 3.63) is 24.5 Å². The Morgan fingerprint density at radius 3 is 2.87 bits per heavy atom. The highest BCUT2D eigenvalue weighted by molar-refractivity contribution is 5.71. The predicted molar refractivity (Wildman–Crippen MR) is 59.7 cm³/mol. The maximum absolute atomic E-state index is 4.33. The van der Waals surface area contributed by atoms with E-state index in [0.29, 0.717) is 5.65 Å². The van der Waals surface area contributed by atoms with Crippen LogP contribution < -0.4 is 10.6 Å². The van der Waals surface area contributed by atoms with Crippen LogP contribution in [0.25, 0.3) is 11.2 Å². The SMILES string of the molecule is CNCCNc1ccc2nccnc2n1. The number of anilines is 1. The van der Waals surface area contributed by atoms with Gasteiger partial charge in [-0.15, -0.1) is 0 Å². The van der Waals surface area contributed by atoms with Crippen molar-refractivity contribution in [3.63, 3.8) is 0 Å². The minimum Gasteiger partial charge on any atom is -0.369 e. The van der Waals surface area contributed by atoms with Gasteiger partial charge in [0.25, 0.3) is 0 Å². The lowest BCUT2D eigenvalue weighted by atomic mass is 10.4. The first-order valence-electron chi connectivity index (χ1n) is 4.86. The summed E-state index contributed by atoms with van der Waals surface area (Å²) in [7, 11) is 1.92. The van der Waals surface area contributed by atoms with Crippen LogP contribution in [0, 0.1) is 0 Å². The van der Waals surface area contributed by atoms with Crippen LogP contribution in [-0.4, -0.2) is 35.1 Å². The topological polar surface area (TPSA) is 62.7 Å². The lowest BCUT2D eigenvalue weighted by molar-refractivity contribution is 0.821. The lowest BCUT2D eigenvalue weighted by Gasteiger charge is -2.04. The molecule has 2 aromatic rings. The first-order valence-corrected chi connectivity index (χ1v) is 4.86. The summed E-state index contributed by atoms with van der Waals surface area (Å²) in [6.07, 6.45) is 3.31. The van der Waals surface area contributed by atoms with Crippen molar-refractivity contribution in [3.8, 4) is 0 Å². The molecule has 0 unspecified atom stereocenters. The van der Waals surface area contributed by atoms with Crippen LogP contribution in [0.1, 0.15) is 0 Å². The number of nitrogens with zero attached hydrogens (tertiary/aromatic N) is 3. The van der Waals surface area contributed by atoms with Crippen LogP contribution in [0.4, 0.5) is 5.82 Å². The molecule has 0 spiro atoms. The van der Waals surface area contributed by atoms with Crippen LogP contribution in [0.15, 0.2) is 24.5 Å². The van der Waals surface area contributed by atoms with Crippen molar-refractivity contribution in [2.75, 3.05) is 25.5 Å². The highest BCUT2D eigenvalue weighted by atomic mass is 15.0. The van der Waals surface area contributed by atoms with Crippen LogP contribution in [-0.2, 0) is 0 Å². The summed E-state index contributed by atoms with van der Waals surface area (Å²) in [5.41, 5.74) is 1.49. The lowest BCUT2D eigenvalue weighted by Crippen LogP contribution is -2.18. The van der Waals surface area contributed by atoms with Gasteiger partial charge in [-0.3, -0.25) is 4.98 Å². The number of hydrogen-bond donors (Lipinski definition) is 2. The molecule has 0 aliphatic rings. The fourth-order valence-electron chi connectivity index (χ4n) is 1.27. The minimum absolute atomic E-state index is 0.673. The molecule has 5 heteroatoms. The Hall–Kier alpha value is -1.75. The third-order valence-corrected chi connectivity index (χ3v) is 2.01. The molecule has 0 aromatic carbocycles. The van der Waals surface area contributed by atoms with Gasteiger partial charge in [-0.1, -0.05) is 0 Å². The molecule has 78 valence electrons. The Kier molecular flexibility index (Phi) is 3.04. The molecule has 0 saturated heterocycles. The van der Waals surface area contributed by atoms with E-state index >= 15 is 0 Å². The van der Waals surface area contributed by atoms with Gasteiger partial charge in [0.1, 0.15) is 11.3 Å². The number of hydrogen-bond acceptors (Lipinski definition) is 5. The Labute approximate surface area is 88.0 Å². The zero-order valence-electron chi connectivity index (χ0n) is 8.57. The summed E-state index contributed by atoms with van der Waals surface area (Å²) in [4.78, 5) is 12.6. The third kappa shape index (κ3) is 2.38. The molecule has 2 rings (SSSR count). The number of aromatic nitrogens is 3. The smallest absolute Gasteiger partial charge is 0.180 e. The Balaban J connectivity index is 2.16. The summed E-state index contributed by atoms with van der Waals surface area (Å²) >= 11 is 0. The number of pyridine rings is 1. The maximum atomic E-state index is 4.33. The molecule has 0 radical (unpaired) electrons. The van der Waals surface area contributed by atoms with E-state index in [4.69, 9.17) is 0 Å². The summed E-state index contributed by atoms with van der Waals surface area (Å²) in [6.45, 7) is 1.75. The van der Waals surface area contributed by atoms with Crippen molar-refractivity contribution >= 4 is 17.0 Å². The fraction of sp³-hybridized carbons (Fsp3) is 0.300. The van der Waals surface area contributed by atoms with E-state index in [2.05, 4.69) is 25.6 Å². The minimum atomic E-state index is 0.673. The van der Waals surface area contributed by atoms with E-state index in [0.717, 1.165) is 24.4 Å². The largest absolute Gasteiger partial charge is 0.369 e. The number of fused-ring (bicyclic) bond motifs is 1. The zero-order chi connectivity index (χ0) is 10.5. The second-order valence-electron chi connectivity index (χ2n) is 3.13. The molecular weight excluding hydrogens is 190 g/mol. The zero-order valence-corrected chi connectivity index (χ0v) is 8.57. The second kappa shape index (κ2) is 4.65. The van der Waals surface area contributed by atoms with Gasteiger partial charge in [0.15, 0.2) is 5.65 Å². The predicted octanol–water partition coefficient (Wildman–Crippen LogP) is 0.656. The van der Waals surface area contributed by atoms with Gasteiger partial charge in [0, 0.05) is 25.5 Å². The van der Waals surface area contributed by atoms with Crippen molar-refractivity contribution in [2.45, 2.75) is 0 Å². The summed E-state index contributed by atoms with van der Waals surface area (Å²) in [5.74, 6) is 0.832. The van der Waals surface area contributed by atoms with Crippen molar-refractivity contribution < 1.29 is 0 Å². The molecule has 0 fully saturated rings. The Morgan fingerprint density at radius 2 is 2.00 bits per heavy atom. The van der Waals surface area contributed by atoms with Crippen molar-refractivity contribution in [2.24, 2.45) is 0 Å². The summed E-state index contributed by atoms with van der Waals surface area (Å²) in [5, 5.41) is 6.25. The monoisotopic (exact) mass is 203 g/mol. The van der Waals surface area contributed by atoms with E-state index < -0.39 is 0 Å². The van der Waals surface area contributed by atoms with Crippen molar-refractivity contribution in [1.29, 1.82) is 0 Å². The number of nitrogens with one attached hydrogen (secondary N) is 2. The van der Waals surface area contributed by atoms with Gasteiger partial charge in [-0.2, -0.15) is 0 Å². The van der Waals surface area contributed by atoms with E-state index in [-0.39, 0.29) is 0 Å². The molecule has 0 aliphatic heterocycles. The second-order valence-corrected chi connectivity index (χ2v) is 3.13. The van der Waals surface area contributed by atoms with Gasteiger partial charge in [0.05, 0.1) is 0 Å². The van der Waals surface area contributed by atoms with Gasteiger partial charge in [-0.05, 0) is 19.2 Å². The van der Waals surface area contributed by atoms with Gasteiger partial charge in [-0.25, -0.2) is 9.97 Å². The molecule has 0 aliphatic carbocycles. The van der Waals surface area contributed by atoms with Gasteiger partial charge in [0.2, 0.25) is 0 Å². The molecule has 2 N–H and O–H groups in total. The molecular formula is C10H13N5. The average molecular weight is 203 g/mol. The van der Waals surface area contributed by atoms with E-state index in [1.165, 1.54) is 0 Å². The van der Waals surface area contributed by atoms with Crippen molar-refractivity contribution in [1.82, 2.24) is 20.3 Å². The van der Waals surface area contributed by atoms with E-state index in [1.807, 2.05) is 19.2 Å². The first kappa shape index (κ1) is 9.79. The first-order chi connectivity index (χ1) is 7.40. The maximum Gasteiger partial charge on any atom is 0.180 e.